The van der Waals surface area contributed by atoms with Crippen molar-refractivity contribution in [2.75, 3.05) is 32.5 Å². The van der Waals surface area contributed by atoms with Gasteiger partial charge in [-0.1, -0.05) is 19.9 Å². The molecule has 0 saturated carbocycles. The fourth-order valence-electron chi connectivity index (χ4n) is 3.01. The molecular weight excluding hydrogens is 465 g/mol. The van der Waals surface area contributed by atoms with Crippen molar-refractivity contribution in [1.29, 1.82) is 0 Å². The quantitative estimate of drug-likeness (QED) is 0.240. The van der Waals surface area contributed by atoms with Gasteiger partial charge in [-0.15, -0.1) is 24.0 Å². The minimum absolute atomic E-state index is 0. The number of unbranched alkanes of at least 4 members (excludes halogenated alkanes) is 1. The fraction of sp³-hybridized carbons (Fsp3) is 0.550. The van der Waals surface area contributed by atoms with Gasteiger partial charge in [0.1, 0.15) is 5.82 Å². The molecule has 156 valence electrons. The average molecular weight is 499 g/mol. The lowest BCUT2D eigenvalue weighted by Gasteiger charge is -2.22. The van der Waals surface area contributed by atoms with Crippen molar-refractivity contribution in [1.82, 2.24) is 25.0 Å². The van der Waals surface area contributed by atoms with Crippen LogP contribution in [-0.4, -0.2) is 52.8 Å². The van der Waals surface area contributed by atoms with Crippen molar-refractivity contribution >= 4 is 35.8 Å². The van der Waals surface area contributed by atoms with Crippen molar-refractivity contribution in [3.63, 3.8) is 0 Å². The van der Waals surface area contributed by atoms with Gasteiger partial charge in [0.25, 0.3) is 0 Å². The van der Waals surface area contributed by atoms with E-state index in [-0.39, 0.29) is 24.0 Å². The molecule has 0 amide bonds. The summed E-state index contributed by atoms with van der Waals surface area (Å²) in [4.78, 5) is 10.8. The van der Waals surface area contributed by atoms with Crippen LogP contribution in [0.2, 0.25) is 0 Å². The minimum atomic E-state index is 0. The number of nitrogens with zero attached hydrogens (tertiary/aromatic N) is 5. The van der Waals surface area contributed by atoms with Crippen LogP contribution in [0.1, 0.15) is 43.9 Å². The van der Waals surface area contributed by atoms with Crippen LogP contribution in [0.25, 0.3) is 0 Å². The van der Waals surface area contributed by atoms with Gasteiger partial charge in [0.05, 0.1) is 5.69 Å². The monoisotopic (exact) mass is 499 g/mol. The third-order valence-corrected chi connectivity index (χ3v) is 4.32. The molecule has 2 aromatic heterocycles. The topological polar surface area (TPSA) is 70.4 Å². The van der Waals surface area contributed by atoms with Crippen LogP contribution in [0.4, 0.5) is 5.82 Å². The van der Waals surface area contributed by atoms with Gasteiger partial charge >= 0.3 is 0 Å². The van der Waals surface area contributed by atoms with Crippen molar-refractivity contribution in [2.24, 2.45) is 12.0 Å². The van der Waals surface area contributed by atoms with Crippen LogP contribution in [0, 0.1) is 0 Å². The molecule has 2 rings (SSSR count). The Morgan fingerprint density at radius 2 is 2.00 bits per heavy atom. The number of guanidine groups is 1. The van der Waals surface area contributed by atoms with Crippen molar-refractivity contribution in [3.05, 3.63) is 41.9 Å². The molecule has 0 fully saturated rings. The van der Waals surface area contributed by atoms with E-state index in [9.17, 15) is 0 Å². The summed E-state index contributed by atoms with van der Waals surface area (Å²) in [5.74, 6) is 2.25. The molecule has 28 heavy (non-hydrogen) atoms. The standard InChI is InChI=1S/C20H33N7.HI/c1-16(2)19-17(15-27(5)25-19)14-26(4)20(21-3)24-13-9-8-12-23-18-10-6-7-11-22-18;/h6-7,10-11,15-16H,8-9,12-14H2,1-5H3,(H,21,24)(H,22,23);1H. The van der Waals surface area contributed by atoms with Crippen molar-refractivity contribution in [2.45, 2.75) is 39.2 Å². The molecule has 8 heteroatoms. The first-order chi connectivity index (χ1) is 13.0. The number of anilines is 1. The fourth-order valence-corrected chi connectivity index (χ4v) is 3.01. The number of halogens is 1. The molecule has 2 N–H and O–H groups in total. The summed E-state index contributed by atoms with van der Waals surface area (Å²) < 4.78 is 1.89. The smallest absolute Gasteiger partial charge is 0.193 e. The first-order valence-corrected chi connectivity index (χ1v) is 9.60. The van der Waals surface area contributed by atoms with Crippen molar-refractivity contribution < 1.29 is 0 Å². The normalized spacial score (nSPS) is 11.3. The highest BCUT2D eigenvalue weighted by Crippen LogP contribution is 2.18. The third-order valence-electron chi connectivity index (χ3n) is 4.32. The predicted octanol–water partition coefficient (Wildman–Crippen LogP) is 3.46. The van der Waals surface area contributed by atoms with Gasteiger partial charge in [0.2, 0.25) is 0 Å². The molecule has 0 atom stereocenters. The molecule has 0 radical (unpaired) electrons. The third kappa shape index (κ3) is 7.65. The van der Waals surface area contributed by atoms with Gasteiger partial charge in [-0.3, -0.25) is 9.67 Å². The Kier molecular flexibility index (Phi) is 10.9. The SMILES string of the molecule is CN=C(NCCCCNc1ccccn1)N(C)Cc1cn(C)nc1C(C)C.I. The Morgan fingerprint density at radius 1 is 1.25 bits per heavy atom. The van der Waals surface area contributed by atoms with E-state index < -0.39 is 0 Å². The number of rotatable bonds is 9. The number of aryl methyl sites for hydroxylation is 1. The van der Waals surface area contributed by atoms with Gasteiger partial charge < -0.3 is 15.5 Å². The second kappa shape index (κ2) is 12.6. The van der Waals surface area contributed by atoms with E-state index in [4.69, 9.17) is 0 Å². The molecule has 0 aromatic carbocycles. The van der Waals surface area contributed by atoms with Gasteiger partial charge in [-0.05, 0) is 30.9 Å². The summed E-state index contributed by atoms with van der Waals surface area (Å²) in [5, 5.41) is 11.4. The molecule has 0 bridgehead atoms. The average Bonchev–Trinajstić information content (AvgIpc) is 3.02. The van der Waals surface area contributed by atoms with Crippen LogP contribution in [0.15, 0.2) is 35.6 Å². The van der Waals surface area contributed by atoms with E-state index in [1.165, 1.54) is 5.56 Å². The van der Waals surface area contributed by atoms with E-state index in [1.54, 1.807) is 6.20 Å². The van der Waals surface area contributed by atoms with E-state index in [1.807, 2.05) is 37.0 Å². The van der Waals surface area contributed by atoms with Crippen LogP contribution < -0.4 is 10.6 Å². The molecule has 0 aliphatic rings. The van der Waals surface area contributed by atoms with Crippen LogP contribution in [0.5, 0.6) is 0 Å². The van der Waals surface area contributed by atoms with Gasteiger partial charge in [-0.2, -0.15) is 5.10 Å². The first-order valence-electron chi connectivity index (χ1n) is 9.60. The molecule has 2 heterocycles. The minimum Gasteiger partial charge on any atom is -0.370 e. The van der Waals surface area contributed by atoms with Crippen LogP contribution >= 0.6 is 24.0 Å². The number of aromatic nitrogens is 3. The number of hydrogen-bond donors (Lipinski definition) is 2. The second-order valence-electron chi connectivity index (χ2n) is 7.05. The molecule has 7 nitrogen and oxygen atoms in total. The molecule has 2 aromatic rings. The lowest BCUT2D eigenvalue weighted by atomic mass is 10.1. The first kappa shape index (κ1) is 24.2. The largest absolute Gasteiger partial charge is 0.370 e. The van der Waals surface area contributed by atoms with Crippen LogP contribution in [-0.2, 0) is 13.6 Å². The highest BCUT2D eigenvalue weighted by molar-refractivity contribution is 14.0. The highest BCUT2D eigenvalue weighted by atomic mass is 127. The summed E-state index contributed by atoms with van der Waals surface area (Å²) in [7, 11) is 5.87. The molecular formula is C20H34IN7. The van der Waals surface area contributed by atoms with Crippen LogP contribution in [0.3, 0.4) is 0 Å². The Morgan fingerprint density at radius 3 is 2.64 bits per heavy atom. The number of pyridine rings is 1. The predicted molar refractivity (Wildman–Crippen MR) is 128 cm³/mol. The summed E-state index contributed by atoms with van der Waals surface area (Å²) in [6.07, 6.45) is 6.04. The molecule has 0 unspecified atom stereocenters. The highest BCUT2D eigenvalue weighted by Gasteiger charge is 2.14. The molecule has 0 spiro atoms. The van der Waals surface area contributed by atoms with E-state index in [0.717, 1.165) is 49.9 Å². The summed E-state index contributed by atoms with van der Waals surface area (Å²) in [5.41, 5.74) is 2.40. The van der Waals surface area contributed by atoms with Gasteiger partial charge in [-0.25, -0.2) is 4.98 Å². The van der Waals surface area contributed by atoms with Crippen molar-refractivity contribution in [3.8, 4) is 0 Å². The number of aliphatic imine (C=N–C) groups is 1. The summed E-state index contributed by atoms with van der Waals surface area (Å²) in [6.45, 7) is 6.96. The Hall–Kier alpha value is -1.84. The van der Waals surface area contributed by atoms with Gasteiger partial charge in [0, 0.05) is 58.7 Å². The molecule has 0 aliphatic carbocycles. The second-order valence-corrected chi connectivity index (χ2v) is 7.05. The van der Waals surface area contributed by atoms with Gasteiger partial charge in [0.15, 0.2) is 5.96 Å². The number of nitrogens with one attached hydrogen (secondary N) is 2. The number of hydrogen-bond acceptors (Lipinski definition) is 4. The molecule has 0 saturated heterocycles. The lowest BCUT2D eigenvalue weighted by Crippen LogP contribution is -2.39. The maximum Gasteiger partial charge on any atom is 0.193 e. The lowest BCUT2D eigenvalue weighted by molar-refractivity contribution is 0.472. The summed E-state index contributed by atoms with van der Waals surface area (Å²) >= 11 is 0. The zero-order valence-electron chi connectivity index (χ0n) is 17.6. The maximum absolute atomic E-state index is 4.59. The summed E-state index contributed by atoms with van der Waals surface area (Å²) in [6, 6.07) is 5.90. The Balaban J connectivity index is 0.00000392. The Labute approximate surface area is 186 Å². The zero-order valence-corrected chi connectivity index (χ0v) is 20.0. The Bertz CT molecular complexity index is 713. The zero-order chi connectivity index (χ0) is 19.6. The van der Waals surface area contributed by atoms with E-state index in [0.29, 0.717) is 5.92 Å². The van der Waals surface area contributed by atoms with E-state index in [2.05, 4.69) is 57.7 Å². The van der Waals surface area contributed by atoms with E-state index >= 15 is 0 Å². The maximum atomic E-state index is 4.59. The molecule has 0 aliphatic heterocycles.